The third kappa shape index (κ3) is 4.83. The van der Waals surface area contributed by atoms with Gasteiger partial charge >= 0.3 is 0 Å². The van der Waals surface area contributed by atoms with Gasteiger partial charge in [0.15, 0.2) is 0 Å². The molecule has 138 valence electrons. The summed E-state index contributed by atoms with van der Waals surface area (Å²) in [7, 11) is 0. The number of amides is 2. The second-order valence-corrected chi connectivity index (χ2v) is 7.27. The summed E-state index contributed by atoms with van der Waals surface area (Å²) >= 11 is 0. The van der Waals surface area contributed by atoms with Crippen LogP contribution in [0, 0.1) is 5.92 Å². The van der Waals surface area contributed by atoms with Gasteiger partial charge < -0.3 is 15.1 Å². The Labute approximate surface area is 151 Å². The molecule has 0 aliphatic carbocycles. The van der Waals surface area contributed by atoms with Crippen molar-refractivity contribution in [2.75, 3.05) is 52.4 Å². The van der Waals surface area contributed by atoms with E-state index in [1.54, 1.807) is 0 Å². The Balaban J connectivity index is 0.00000208. The number of carbonyl (C=O) groups is 2. The van der Waals surface area contributed by atoms with Crippen molar-refractivity contribution in [2.24, 2.45) is 5.92 Å². The summed E-state index contributed by atoms with van der Waals surface area (Å²) in [6, 6.07) is 0.432. The molecule has 3 rings (SSSR count). The monoisotopic (exact) mass is 358 g/mol. The molecular formula is C17H31ClN4O2. The highest BCUT2D eigenvalue weighted by Crippen LogP contribution is 2.20. The summed E-state index contributed by atoms with van der Waals surface area (Å²) in [5.41, 5.74) is 0. The smallest absolute Gasteiger partial charge is 0.236 e. The van der Waals surface area contributed by atoms with Gasteiger partial charge in [0.2, 0.25) is 11.8 Å². The molecule has 3 heterocycles. The highest BCUT2D eigenvalue weighted by Gasteiger charge is 2.31. The molecule has 1 N–H and O–H groups in total. The minimum absolute atomic E-state index is 0. The number of likely N-dealkylation sites (tertiary alicyclic amines) is 1. The molecule has 0 aromatic rings. The number of hydrogen-bond donors (Lipinski definition) is 1. The first-order chi connectivity index (χ1) is 11.1. The van der Waals surface area contributed by atoms with E-state index < -0.39 is 0 Å². The van der Waals surface area contributed by atoms with Crippen molar-refractivity contribution >= 4 is 24.2 Å². The van der Waals surface area contributed by atoms with E-state index in [9.17, 15) is 9.59 Å². The minimum atomic E-state index is 0. The zero-order chi connectivity index (χ0) is 16.2. The molecule has 2 amide bonds. The van der Waals surface area contributed by atoms with Crippen molar-refractivity contribution in [3.8, 4) is 0 Å². The van der Waals surface area contributed by atoms with E-state index in [2.05, 4.69) is 17.1 Å². The number of piperidine rings is 1. The molecule has 2 atom stereocenters. The van der Waals surface area contributed by atoms with Gasteiger partial charge in [-0.25, -0.2) is 0 Å². The molecule has 7 heteroatoms. The molecule has 0 bridgehead atoms. The number of halogens is 1. The normalized spacial score (nSPS) is 28.5. The number of nitrogens with zero attached hydrogens (tertiary/aromatic N) is 3. The lowest BCUT2D eigenvalue weighted by molar-refractivity contribution is -0.143. The van der Waals surface area contributed by atoms with E-state index in [0.29, 0.717) is 44.7 Å². The minimum Gasteiger partial charge on any atom is -0.339 e. The average molecular weight is 359 g/mol. The molecule has 24 heavy (non-hydrogen) atoms. The van der Waals surface area contributed by atoms with Gasteiger partial charge in [-0.2, -0.15) is 0 Å². The first kappa shape index (κ1) is 19.5. The first-order valence-corrected chi connectivity index (χ1v) is 9.16. The largest absolute Gasteiger partial charge is 0.339 e. The Morgan fingerprint density at radius 1 is 1.00 bits per heavy atom. The Morgan fingerprint density at radius 3 is 2.25 bits per heavy atom. The summed E-state index contributed by atoms with van der Waals surface area (Å²) in [5.74, 6) is 0.692. The van der Waals surface area contributed by atoms with Gasteiger partial charge in [0.25, 0.3) is 0 Å². The van der Waals surface area contributed by atoms with Crippen LogP contribution in [-0.2, 0) is 9.59 Å². The molecule has 3 fully saturated rings. The molecule has 0 aromatic heterocycles. The van der Waals surface area contributed by atoms with Crippen molar-refractivity contribution in [1.82, 2.24) is 20.0 Å². The number of piperazine rings is 1. The van der Waals surface area contributed by atoms with E-state index in [0.717, 1.165) is 32.5 Å². The zero-order valence-corrected chi connectivity index (χ0v) is 15.5. The van der Waals surface area contributed by atoms with Gasteiger partial charge in [-0.3, -0.25) is 14.5 Å². The second-order valence-electron chi connectivity index (χ2n) is 7.27. The Kier molecular flexibility index (Phi) is 7.32. The van der Waals surface area contributed by atoms with Crippen LogP contribution in [0.5, 0.6) is 0 Å². The molecular weight excluding hydrogens is 328 g/mol. The number of rotatable bonds is 3. The van der Waals surface area contributed by atoms with Crippen LogP contribution >= 0.6 is 12.4 Å². The van der Waals surface area contributed by atoms with E-state index in [4.69, 9.17) is 0 Å². The van der Waals surface area contributed by atoms with Gasteiger partial charge in [0.1, 0.15) is 0 Å². The summed E-state index contributed by atoms with van der Waals surface area (Å²) in [4.78, 5) is 31.1. The van der Waals surface area contributed by atoms with Crippen LogP contribution in [0.2, 0.25) is 0 Å². The number of carbonyl (C=O) groups excluding carboxylic acids is 2. The summed E-state index contributed by atoms with van der Waals surface area (Å²) in [6.07, 6.45) is 4.30. The number of nitrogens with one attached hydrogen (secondary N) is 1. The van der Waals surface area contributed by atoms with E-state index in [1.165, 1.54) is 12.8 Å². The lowest BCUT2D eigenvalue weighted by Crippen LogP contribution is -2.54. The van der Waals surface area contributed by atoms with E-state index >= 15 is 0 Å². The fraction of sp³-hybridized carbons (Fsp3) is 0.882. The SMILES string of the molecule is C[C@H]1C[C@@H](C(=O)N2CCN(C(=O)CN3CCCC3)CC2)CCN1.Cl. The van der Waals surface area contributed by atoms with Gasteiger partial charge in [-0.1, -0.05) is 0 Å². The van der Waals surface area contributed by atoms with Crippen molar-refractivity contribution in [2.45, 2.75) is 38.6 Å². The van der Waals surface area contributed by atoms with Gasteiger partial charge in [0.05, 0.1) is 6.54 Å². The maximum absolute atomic E-state index is 12.6. The van der Waals surface area contributed by atoms with Gasteiger partial charge in [-0.15, -0.1) is 12.4 Å². The topological polar surface area (TPSA) is 55.9 Å². The Bertz CT molecular complexity index is 434. The lowest BCUT2D eigenvalue weighted by Gasteiger charge is -2.38. The molecule has 3 aliphatic heterocycles. The van der Waals surface area contributed by atoms with Gasteiger partial charge in [0, 0.05) is 38.1 Å². The maximum Gasteiger partial charge on any atom is 0.236 e. The molecule has 0 spiro atoms. The Hall–Kier alpha value is -0.850. The Morgan fingerprint density at radius 2 is 1.62 bits per heavy atom. The standard InChI is InChI=1S/C17H30N4O2.ClH/c1-14-12-15(4-5-18-14)17(23)21-10-8-20(9-11-21)16(22)13-19-6-2-3-7-19;/h14-15,18H,2-13H2,1H3;1H/t14-,15-;/m0./s1. The molecule has 3 aliphatic rings. The summed E-state index contributed by atoms with van der Waals surface area (Å²) in [5, 5.41) is 3.40. The van der Waals surface area contributed by atoms with Gasteiger partial charge in [-0.05, 0) is 52.2 Å². The van der Waals surface area contributed by atoms with Crippen molar-refractivity contribution < 1.29 is 9.59 Å². The van der Waals surface area contributed by atoms with Crippen molar-refractivity contribution in [1.29, 1.82) is 0 Å². The lowest BCUT2D eigenvalue weighted by atomic mass is 9.92. The van der Waals surface area contributed by atoms with E-state index in [-0.39, 0.29) is 24.2 Å². The van der Waals surface area contributed by atoms with Crippen LogP contribution in [0.25, 0.3) is 0 Å². The van der Waals surface area contributed by atoms with Crippen LogP contribution in [0.4, 0.5) is 0 Å². The van der Waals surface area contributed by atoms with Crippen LogP contribution in [0.3, 0.4) is 0 Å². The second kappa shape index (κ2) is 9.02. The van der Waals surface area contributed by atoms with Crippen LogP contribution in [0.1, 0.15) is 32.6 Å². The predicted molar refractivity (Wildman–Crippen MR) is 96.3 cm³/mol. The molecule has 3 saturated heterocycles. The highest BCUT2D eigenvalue weighted by atomic mass is 35.5. The third-order valence-corrected chi connectivity index (χ3v) is 5.47. The van der Waals surface area contributed by atoms with Crippen molar-refractivity contribution in [3.63, 3.8) is 0 Å². The third-order valence-electron chi connectivity index (χ3n) is 5.47. The first-order valence-electron chi connectivity index (χ1n) is 9.16. The van der Waals surface area contributed by atoms with Crippen LogP contribution < -0.4 is 5.32 Å². The zero-order valence-electron chi connectivity index (χ0n) is 14.7. The van der Waals surface area contributed by atoms with Crippen LogP contribution in [-0.4, -0.2) is 84.9 Å². The summed E-state index contributed by atoms with van der Waals surface area (Å²) < 4.78 is 0. The molecule has 6 nitrogen and oxygen atoms in total. The van der Waals surface area contributed by atoms with Crippen molar-refractivity contribution in [3.05, 3.63) is 0 Å². The fourth-order valence-corrected chi connectivity index (χ4v) is 4.02. The molecule has 0 radical (unpaired) electrons. The predicted octanol–water partition coefficient (Wildman–Crippen LogP) is 0.563. The maximum atomic E-state index is 12.6. The highest BCUT2D eigenvalue weighted by molar-refractivity contribution is 5.85. The molecule has 0 aromatic carbocycles. The van der Waals surface area contributed by atoms with E-state index in [1.807, 2.05) is 9.80 Å². The molecule has 0 saturated carbocycles. The summed E-state index contributed by atoms with van der Waals surface area (Å²) in [6.45, 7) is 8.53. The van der Waals surface area contributed by atoms with Crippen LogP contribution in [0.15, 0.2) is 0 Å². The average Bonchev–Trinajstić information content (AvgIpc) is 3.07. The fourth-order valence-electron chi connectivity index (χ4n) is 4.02. The quantitative estimate of drug-likeness (QED) is 0.801. The molecule has 0 unspecified atom stereocenters. The number of hydrogen-bond acceptors (Lipinski definition) is 4.